The molecule has 4 nitrogen and oxygen atoms in total. The van der Waals surface area contributed by atoms with Crippen LogP contribution in [0, 0.1) is 46.3 Å². The largest absolute Gasteiger partial charge is 0.393 e. The molecule has 0 spiro atoms. The number of amidine groups is 1. The van der Waals surface area contributed by atoms with Gasteiger partial charge >= 0.3 is 0 Å². The van der Waals surface area contributed by atoms with E-state index >= 15 is 0 Å². The fraction of sp³-hybridized carbons (Fsp3) is 0.962. The van der Waals surface area contributed by atoms with Gasteiger partial charge in [0.25, 0.3) is 0 Å². The van der Waals surface area contributed by atoms with Crippen molar-refractivity contribution in [1.82, 2.24) is 5.32 Å². The SMILES string of the molecule is CC(CCC1=NCCN1)C1CCC2C3CCC4CC(O)CCC4(C)C3CC(O)C12C. The molecule has 5 aliphatic rings. The molecule has 4 heteroatoms. The Bertz CT molecular complexity index is 680. The van der Waals surface area contributed by atoms with Gasteiger partial charge in [-0.15, -0.1) is 0 Å². The summed E-state index contributed by atoms with van der Waals surface area (Å²) in [7, 11) is 0. The molecule has 10 unspecified atom stereocenters. The molecule has 0 saturated heterocycles. The number of hydrogen-bond acceptors (Lipinski definition) is 4. The summed E-state index contributed by atoms with van der Waals surface area (Å²) in [5.74, 6) is 5.28. The second-order valence-corrected chi connectivity index (χ2v) is 12.2. The average Bonchev–Trinajstić information content (AvgIpc) is 3.36. The monoisotopic (exact) mass is 416 g/mol. The minimum atomic E-state index is -0.164. The minimum absolute atomic E-state index is 0.0862. The Kier molecular flexibility index (Phi) is 5.50. The molecule has 30 heavy (non-hydrogen) atoms. The summed E-state index contributed by atoms with van der Waals surface area (Å²) in [6.07, 6.45) is 11.4. The van der Waals surface area contributed by atoms with E-state index in [1.165, 1.54) is 37.9 Å². The summed E-state index contributed by atoms with van der Waals surface area (Å²) in [6, 6.07) is 0. The summed E-state index contributed by atoms with van der Waals surface area (Å²) >= 11 is 0. The highest BCUT2D eigenvalue weighted by Crippen LogP contribution is 2.68. The quantitative estimate of drug-likeness (QED) is 0.637. The van der Waals surface area contributed by atoms with Crippen LogP contribution < -0.4 is 5.32 Å². The van der Waals surface area contributed by atoms with Gasteiger partial charge in [0.15, 0.2) is 0 Å². The van der Waals surface area contributed by atoms with E-state index in [-0.39, 0.29) is 17.6 Å². The van der Waals surface area contributed by atoms with Gasteiger partial charge in [0.2, 0.25) is 0 Å². The van der Waals surface area contributed by atoms with Gasteiger partial charge in [0.05, 0.1) is 24.6 Å². The van der Waals surface area contributed by atoms with E-state index in [1.54, 1.807) is 0 Å². The summed E-state index contributed by atoms with van der Waals surface area (Å²) in [4.78, 5) is 4.59. The lowest BCUT2D eigenvalue weighted by Gasteiger charge is -2.62. The van der Waals surface area contributed by atoms with Crippen LogP contribution in [-0.4, -0.2) is 41.3 Å². The predicted molar refractivity (Wildman–Crippen MR) is 121 cm³/mol. The maximum absolute atomic E-state index is 11.6. The van der Waals surface area contributed by atoms with E-state index in [2.05, 4.69) is 31.1 Å². The van der Waals surface area contributed by atoms with Crippen LogP contribution in [0.4, 0.5) is 0 Å². The molecule has 4 saturated carbocycles. The number of aliphatic hydroxyl groups excluding tert-OH is 2. The predicted octanol–water partition coefficient (Wildman–Crippen LogP) is 4.40. The van der Waals surface area contributed by atoms with Crippen molar-refractivity contribution in [3.05, 3.63) is 0 Å². The van der Waals surface area contributed by atoms with Crippen molar-refractivity contribution in [3.63, 3.8) is 0 Å². The Morgan fingerprint density at radius 2 is 1.90 bits per heavy atom. The van der Waals surface area contributed by atoms with Crippen molar-refractivity contribution < 1.29 is 10.2 Å². The molecule has 0 amide bonds. The lowest BCUT2D eigenvalue weighted by molar-refractivity contribution is -0.174. The lowest BCUT2D eigenvalue weighted by atomic mass is 9.43. The highest BCUT2D eigenvalue weighted by atomic mass is 16.3. The number of rotatable bonds is 4. The second kappa shape index (κ2) is 7.76. The van der Waals surface area contributed by atoms with E-state index in [0.29, 0.717) is 35.0 Å². The highest BCUT2D eigenvalue weighted by molar-refractivity contribution is 5.83. The Morgan fingerprint density at radius 1 is 1.07 bits per heavy atom. The van der Waals surface area contributed by atoms with Crippen LogP contribution in [0.25, 0.3) is 0 Å². The molecule has 3 N–H and O–H groups in total. The zero-order chi connectivity index (χ0) is 21.1. The smallest absolute Gasteiger partial charge is 0.0964 e. The molecule has 0 aromatic heterocycles. The van der Waals surface area contributed by atoms with Crippen LogP contribution in [0.5, 0.6) is 0 Å². The molecule has 0 aromatic rings. The number of nitrogens with one attached hydrogen (secondary N) is 1. The Labute approximate surface area is 183 Å². The van der Waals surface area contributed by atoms with Gasteiger partial charge in [0, 0.05) is 13.0 Å². The molecule has 10 atom stereocenters. The third kappa shape index (κ3) is 3.18. The zero-order valence-corrected chi connectivity index (χ0v) is 19.4. The van der Waals surface area contributed by atoms with E-state index in [9.17, 15) is 10.2 Å². The Hall–Kier alpha value is -0.610. The molecule has 1 aliphatic heterocycles. The maximum atomic E-state index is 11.6. The average molecular weight is 417 g/mol. The van der Waals surface area contributed by atoms with Gasteiger partial charge in [-0.2, -0.15) is 0 Å². The van der Waals surface area contributed by atoms with Crippen molar-refractivity contribution in [2.24, 2.45) is 51.3 Å². The van der Waals surface area contributed by atoms with E-state index < -0.39 is 0 Å². The fourth-order valence-corrected chi connectivity index (χ4v) is 9.34. The van der Waals surface area contributed by atoms with E-state index in [0.717, 1.165) is 51.1 Å². The fourth-order valence-electron chi connectivity index (χ4n) is 9.34. The van der Waals surface area contributed by atoms with Crippen LogP contribution >= 0.6 is 0 Å². The molecule has 4 fully saturated rings. The molecular formula is C26H44N2O2. The van der Waals surface area contributed by atoms with Gasteiger partial charge in [-0.25, -0.2) is 0 Å². The van der Waals surface area contributed by atoms with Crippen molar-refractivity contribution in [2.75, 3.05) is 13.1 Å². The number of fused-ring (bicyclic) bond motifs is 5. The third-order valence-electron chi connectivity index (χ3n) is 11.1. The lowest BCUT2D eigenvalue weighted by Crippen LogP contribution is -2.58. The molecule has 0 radical (unpaired) electrons. The maximum Gasteiger partial charge on any atom is 0.0964 e. The first-order valence-corrected chi connectivity index (χ1v) is 13.0. The van der Waals surface area contributed by atoms with E-state index in [4.69, 9.17) is 0 Å². The molecule has 0 aromatic carbocycles. The first kappa shape index (κ1) is 21.2. The van der Waals surface area contributed by atoms with Crippen molar-refractivity contribution in [1.29, 1.82) is 0 Å². The summed E-state index contributed by atoms with van der Waals surface area (Å²) in [6.45, 7) is 9.35. The van der Waals surface area contributed by atoms with Gasteiger partial charge in [-0.05, 0) is 104 Å². The summed E-state index contributed by atoms with van der Waals surface area (Å²) in [5, 5.41) is 25.3. The second-order valence-electron chi connectivity index (χ2n) is 12.2. The van der Waals surface area contributed by atoms with Crippen molar-refractivity contribution >= 4 is 5.84 Å². The first-order valence-electron chi connectivity index (χ1n) is 13.0. The van der Waals surface area contributed by atoms with Gasteiger partial charge in [-0.3, -0.25) is 4.99 Å². The third-order valence-corrected chi connectivity index (χ3v) is 11.1. The number of aliphatic imine (C=N–C) groups is 1. The molecule has 5 rings (SSSR count). The molecule has 1 heterocycles. The van der Waals surface area contributed by atoms with Crippen LogP contribution in [0.1, 0.15) is 85.0 Å². The number of hydrogen-bond donors (Lipinski definition) is 3. The standard InChI is InChI=1S/C26H44N2O2/c1-16(4-9-24-27-12-13-28-24)20-7-8-21-19-6-5-17-14-18(29)10-11-25(17,2)22(19)15-23(30)26(20,21)3/h16-23,29-30H,4-15H2,1-3H3,(H,27,28). The highest BCUT2D eigenvalue weighted by Gasteiger charge is 2.63. The van der Waals surface area contributed by atoms with Crippen LogP contribution in [-0.2, 0) is 0 Å². The normalized spacial score (nSPS) is 51.4. The minimum Gasteiger partial charge on any atom is -0.393 e. The molecule has 170 valence electrons. The number of nitrogens with zero attached hydrogens (tertiary/aromatic N) is 1. The van der Waals surface area contributed by atoms with Crippen molar-refractivity contribution in [3.8, 4) is 0 Å². The first-order chi connectivity index (χ1) is 14.3. The zero-order valence-electron chi connectivity index (χ0n) is 19.4. The van der Waals surface area contributed by atoms with Crippen LogP contribution in [0.15, 0.2) is 4.99 Å². The van der Waals surface area contributed by atoms with Crippen LogP contribution in [0.3, 0.4) is 0 Å². The Morgan fingerprint density at radius 3 is 2.67 bits per heavy atom. The van der Waals surface area contributed by atoms with E-state index in [1.807, 2.05) is 0 Å². The topological polar surface area (TPSA) is 64.9 Å². The number of aliphatic hydroxyl groups is 2. The van der Waals surface area contributed by atoms with Crippen LogP contribution in [0.2, 0.25) is 0 Å². The van der Waals surface area contributed by atoms with Crippen molar-refractivity contribution in [2.45, 2.75) is 97.2 Å². The summed E-state index contributed by atoms with van der Waals surface area (Å²) in [5.41, 5.74) is 0.420. The molecular weight excluding hydrogens is 372 g/mol. The van der Waals surface area contributed by atoms with Gasteiger partial charge < -0.3 is 15.5 Å². The summed E-state index contributed by atoms with van der Waals surface area (Å²) < 4.78 is 0. The van der Waals surface area contributed by atoms with Gasteiger partial charge in [0.1, 0.15) is 0 Å². The molecule has 4 aliphatic carbocycles. The Balaban J connectivity index is 1.33. The van der Waals surface area contributed by atoms with Gasteiger partial charge in [-0.1, -0.05) is 20.8 Å². The molecule has 0 bridgehead atoms.